The Kier molecular flexibility index (Phi) is 5.98. The van der Waals surface area contributed by atoms with Gasteiger partial charge in [-0.1, -0.05) is 12.1 Å². The van der Waals surface area contributed by atoms with E-state index in [4.69, 9.17) is 15.7 Å². The molecule has 1 rings (SSSR count). The lowest BCUT2D eigenvalue weighted by molar-refractivity contribution is 0.0720. The van der Waals surface area contributed by atoms with Crippen LogP contribution in [0.5, 0.6) is 0 Å². The fourth-order valence-corrected chi connectivity index (χ4v) is 2.07. The lowest BCUT2D eigenvalue weighted by Crippen LogP contribution is -2.31. The Hall–Kier alpha value is -1.09. The standard InChI is InChI=1S/C12H15FN2OS/c1-16-12(11(15)8-13)9-2-4-10(5-3-9)17-7-6-14/h2-5,11-12H,7-8,15H2,1H3. The molecule has 17 heavy (non-hydrogen) atoms. The van der Waals surface area contributed by atoms with Crippen LogP contribution in [0.15, 0.2) is 29.2 Å². The van der Waals surface area contributed by atoms with Crippen molar-refractivity contribution in [2.24, 2.45) is 5.73 Å². The number of thioether (sulfide) groups is 1. The number of rotatable bonds is 6. The zero-order chi connectivity index (χ0) is 12.7. The molecular formula is C12H15FN2OS. The highest BCUT2D eigenvalue weighted by atomic mass is 32.2. The topological polar surface area (TPSA) is 59.0 Å². The van der Waals surface area contributed by atoms with Gasteiger partial charge in [0.25, 0.3) is 0 Å². The monoisotopic (exact) mass is 254 g/mol. The fraction of sp³-hybridized carbons (Fsp3) is 0.417. The van der Waals surface area contributed by atoms with Crippen molar-refractivity contribution in [1.82, 2.24) is 0 Å². The second-order valence-corrected chi connectivity index (χ2v) is 4.54. The van der Waals surface area contributed by atoms with Gasteiger partial charge in [-0.05, 0) is 17.7 Å². The molecule has 1 aromatic carbocycles. The van der Waals surface area contributed by atoms with E-state index in [0.717, 1.165) is 10.5 Å². The van der Waals surface area contributed by atoms with Crippen molar-refractivity contribution in [1.29, 1.82) is 5.26 Å². The van der Waals surface area contributed by atoms with Crippen LogP contribution in [-0.4, -0.2) is 25.6 Å². The lowest BCUT2D eigenvalue weighted by atomic mass is 10.0. The fourth-order valence-electron chi connectivity index (χ4n) is 1.51. The van der Waals surface area contributed by atoms with Gasteiger partial charge in [-0.2, -0.15) is 5.26 Å². The lowest BCUT2D eigenvalue weighted by Gasteiger charge is -2.20. The molecule has 0 spiro atoms. The van der Waals surface area contributed by atoms with Crippen LogP contribution in [0.1, 0.15) is 11.7 Å². The maximum absolute atomic E-state index is 12.5. The summed E-state index contributed by atoms with van der Waals surface area (Å²) in [6.45, 7) is -0.622. The van der Waals surface area contributed by atoms with Crippen molar-refractivity contribution in [2.75, 3.05) is 19.5 Å². The molecule has 0 radical (unpaired) electrons. The predicted molar refractivity (Wildman–Crippen MR) is 66.5 cm³/mol. The molecule has 2 unspecified atom stereocenters. The molecule has 0 bridgehead atoms. The highest BCUT2D eigenvalue weighted by Crippen LogP contribution is 2.24. The Morgan fingerprint density at radius 2 is 2.12 bits per heavy atom. The molecule has 1 aromatic rings. The Bertz CT molecular complexity index is 377. The van der Waals surface area contributed by atoms with E-state index in [-0.39, 0.29) is 0 Å². The minimum Gasteiger partial charge on any atom is -0.375 e. The number of methoxy groups -OCH3 is 1. The van der Waals surface area contributed by atoms with Gasteiger partial charge in [0.05, 0.1) is 24.0 Å². The van der Waals surface area contributed by atoms with Crippen LogP contribution in [0.4, 0.5) is 4.39 Å². The number of nitrogens with zero attached hydrogens (tertiary/aromatic N) is 1. The first kappa shape index (κ1) is 14.0. The van der Waals surface area contributed by atoms with E-state index in [1.54, 1.807) is 0 Å². The van der Waals surface area contributed by atoms with E-state index < -0.39 is 18.8 Å². The van der Waals surface area contributed by atoms with E-state index in [0.29, 0.717) is 5.75 Å². The van der Waals surface area contributed by atoms with Crippen LogP contribution in [-0.2, 0) is 4.74 Å². The highest BCUT2D eigenvalue weighted by molar-refractivity contribution is 7.99. The van der Waals surface area contributed by atoms with Crippen LogP contribution < -0.4 is 5.73 Å². The zero-order valence-corrected chi connectivity index (χ0v) is 10.4. The molecule has 92 valence electrons. The summed E-state index contributed by atoms with van der Waals surface area (Å²) >= 11 is 1.46. The summed E-state index contributed by atoms with van der Waals surface area (Å²) < 4.78 is 17.7. The number of hydrogen-bond acceptors (Lipinski definition) is 4. The van der Waals surface area contributed by atoms with E-state index in [1.807, 2.05) is 24.3 Å². The van der Waals surface area contributed by atoms with Crippen LogP contribution in [0.25, 0.3) is 0 Å². The van der Waals surface area contributed by atoms with Gasteiger partial charge in [-0.3, -0.25) is 0 Å². The quantitative estimate of drug-likeness (QED) is 0.791. The minimum atomic E-state index is -0.655. The number of alkyl halides is 1. The average Bonchev–Trinajstić information content (AvgIpc) is 2.38. The SMILES string of the molecule is COC(c1ccc(SCC#N)cc1)C(N)CF. The summed E-state index contributed by atoms with van der Waals surface area (Å²) in [6.07, 6.45) is -0.435. The van der Waals surface area contributed by atoms with E-state index in [1.165, 1.54) is 18.9 Å². The van der Waals surface area contributed by atoms with E-state index >= 15 is 0 Å². The van der Waals surface area contributed by atoms with Gasteiger partial charge in [-0.25, -0.2) is 4.39 Å². The molecule has 2 N–H and O–H groups in total. The third-order valence-corrected chi connectivity index (χ3v) is 3.21. The van der Waals surface area contributed by atoms with Gasteiger partial charge in [-0.15, -0.1) is 11.8 Å². The number of ether oxygens (including phenoxy) is 1. The van der Waals surface area contributed by atoms with Crippen molar-refractivity contribution >= 4 is 11.8 Å². The smallest absolute Gasteiger partial charge is 0.107 e. The maximum atomic E-state index is 12.5. The molecule has 0 aliphatic carbocycles. The summed E-state index contributed by atoms with van der Waals surface area (Å²) in [6, 6.07) is 8.87. The van der Waals surface area contributed by atoms with Crippen molar-refractivity contribution in [3.63, 3.8) is 0 Å². The molecule has 5 heteroatoms. The molecule has 0 aliphatic rings. The Morgan fingerprint density at radius 3 is 2.59 bits per heavy atom. The molecule has 0 amide bonds. The van der Waals surface area contributed by atoms with Crippen molar-refractivity contribution < 1.29 is 9.13 Å². The van der Waals surface area contributed by atoms with Gasteiger partial charge < -0.3 is 10.5 Å². The van der Waals surface area contributed by atoms with Crippen molar-refractivity contribution in [3.05, 3.63) is 29.8 Å². The van der Waals surface area contributed by atoms with Gasteiger partial charge in [0.2, 0.25) is 0 Å². The summed E-state index contributed by atoms with van der Waals surface area (Å²) in [7, 11) is 1.51. The highest BCUT2D eigenvalue weighted by Gasteiger charge is 2.18. The molecular weight excluding hydrogens is 239 g/mol. The first-order chi connectivity index (χ1) is 8.22. The Balaban J connectivity index is 2.75. The minimum absolute atomic E-state index is 0.414. The maximum Gasteiger partial charge on any atom is 0.107 e. The number of hydrogen-bond donors (Lipinski definition) is 1. The summed E-state index contributed by atoms with van der Waals surface area (Å²) in [5.74, 6) is 0.414. The van der Waals surface area contributed by atoms with Gasteiger partial charge in [0.1, 0.15) is 6.67 Å². The Morgan fingerprint density at radius 1 is 1.47 bits per heavy atom. The number of nitrogens with two attached hydrogens (primary N) is 1. The van der Waals surface area contributed by atoms with Crippen molar-refractivity contribution in [3.8, 4) is 6.07 Å². The summed E-state index contributed by atoms with van der Waals surface area (Å²) in [5.41, 5.74) is 6.48. The van der Waals surface area contributed by atoms with Crippen LogP contribution in [0, 0.1) is 11.3 Å². The van der Waals surface area contributed by atoms with Gasteiger partial charge >= 0.3 is 0 Å². The predicted octanol–water partition coefficient (Wildman–Crippen LogP) is 2.29. The molecule has 0 heterocycles. The van der Waals surface area contributed by atoms with E-state index in [9.17, 15) is 4.39 Å². The second-order valence-electron chi connectivity index (χ2n) is 3.49. The number of nitriles is 1. The third-order valence-electron chi connectivity index (χ3n) is 2.33. The zero-order valence-electron chi connectivity index (χ0n) is 9.60. The van der Waals surface area contributed by atoms with Gasteiger partial charge in [0.15, 0.2) is 0 Å². The van der Waals surface area contributed by atoms with Crippen LogP contribution in [0.2, 0.25) is 0 Å². The largest absolute Gasteiger partial charge is 0.375 e. The first-order valence-electron chi connectivity index (χ1n) is 5.17. The first-order valence-corrected chi connectivity index (χ1v) is 6.15. The summed E-state index contributed by atoms with van der Waals surface area (Å²) in [5, 5.41) is 8.46. The van der Waals surface area contributed by atoms with Crippen LogP contribution in [0.3, 0.4) is 0 Å². The molecule has 3 nitrogen and oxygen atoms in total. The third kappa shape index (κ3) is 4.00. The molecule has 0 aliphatic heterocycles. The Labute approximate surface area is 105 Å². The molecule has 0 saturated carbocycles. The van der Waals surface area contributed by atoms with Crippen molar-refractivity contribution in [2.45, 2.75) is 17.0 Å². The van der Waals surface area contributed by atoms with Gasteiger partial charge in [0, 0.05) is 12.0 Å². The second kappa shape index (κ2) is 7.28. The van der Waals surface area contributed by atoms with Crippen LogP contribution >= 0.6 is 11.8 Å². The molecule has 0 fully saturated rings. The number of halogens is 1. The molecule has 0 saturated heterocycles. The average molecular weight is 254 g/mol. The van der Waals surface area contributed by atoms with E-state index in [2.05, 4.69) is 6.07 Å². The summed E-state index contributed by atoms with van der Waals surface area (Å²) in [4.78, 5) is 0.999. The number of benzene rings is 1. The normalized spacial score (nSPS) is 14.0. The molecule has 0 aromatic heterocycles. The molecule has 2 atom stereocenters.